The Morgan fingerprint density at radius 3 is 2.62 bits per heavy atom. The summed E-state index contributed by atoms with van der Waals surface area (Å²) < 4.78 is 39.7. The molecule has 0 amide bonds. The lowest BCUT2D eigenvalue weighted by Crippen LogP contribution is -2.35. The molecule has 1 unspecified atom stereocenters. The third-order valence-corrected chi connectivity index (χ3v) is 6.32. The van der Waals surface area contributed by atoms with Crippen molar-refractivity contribution in [1.82, 2.24) is 15.1 Å². The molecular weight excluding hydrogens is 358 g/mol. The molecule has 142 valence electrons. The average Bonchev–Trinajstić information content (AvgIpc) is 3.25. The summed E-state index contributed by atoms with van der Waals surface area (Å²) in [5.74, 6) is 2.48. The van der Waals surface area contributed by atoms with E-state index in [0.29, 0.717) is 42.8 Å². The summed E-state index contributed by atoms with van der Waals surface area (Å²) in [7, 11) is 0.210. The first kappa shape index (κ1) is 18.7. The van der Waals surface area contributed by atoms with Gasteiger partial charge in [0.15, 0.2) is 21.3 Å². The Bertz CT molecular complexity index is 865. The first-order chi connectivity index (χ1) is 12.5. The van der Waals surface area contributed by atoms with Crippen LogP contribution in [0.3, 0.4) is 0 Å². The third-order valence-electron chi connectivity index (χ3n) is 4.57. The zero-order chi connectivity index (χ0) is 18.7. The summed E-state index contributed by atoms with van der Waals surface area (Å²) in [5.41, 5.74) is 0.730. The Hall–Kier alpha value is -2.13. The van der Waals surface area contributed by atoms with E-state index in [1.165, 1.54) is 0 Å². The average molecular weight is 381 g/mol. The standard InChI is InChI=1S/C17H23N3O5S/c1-4-20(13-7-8-26(21,22)11-13)10-16-18-19-17(25-16)12-5-6-14(23-2)15(9-12)24-3/h5-6,9,13H,4,7-8,10-11H2,1-3H3. The number of hydrogen-bond donors (Lipinski definition) is 0. The Kier molecular flexibility index (Phi) is 5.47. The van der Waals surface area contributed by atoms with Gasteiger partial charge < -0.3 is 13.9 Å². The van der Waals surface area contributed by atoms with E-state index in [0.717, 1.165) is 5.56 Å². The maximum atomic E-state index is 11.7. The number of nitrogens with zero attached hydrogens (tertiary/aromatic N) is 3. The zero-order valence-corrected chi connectivity index (χ0v) is 16.0. The third kappa shape index (κ3) is 3.99. The second kappa shape index (κ2) is 7.63. The predicted octanol–water partition coefficient (Wildman–Crippen LogP) is 1.76. The second-order valence-corrected chi connectivity index (χ2v) is 8.42. The molecule has 8 nitrogen and oxygen atoms in total. The molecule has 1 aromatic carbocycles. The summed E-state index contributed by atoms with van der Waals surface area (Å²) in [6, 6.07) is 5.37. The normalized spacial score (nSPS) is 19.0. The molecule has 0 radical (unpaired) electrons. The molecule has 9 heteroatoms. The van der Waals surface area contributed by atoms with Crippen molar-refractivity contribution in [3.8, 4) is 23.0 Å². The molecule has 1 fully saturated rings. The highest BCUT2D eigenvalue weighted by Crippen LogP contribution is 2.32. The summed E-state index contributed by atoms with van der Waals surface area (Å²) >= 11 is 0. The highest BCUT2D eigenvalue weighted by atomic mass is 32.2. The van der Waals surface area contributed by atoms with Gasteiger partial charge in [0.25, 0.3) is 0 Å². The fraction of sp³-hybridized carbons (Fsp3) is 0.529. The van der Waals surface area contributed by atoms with Gasteiger partial charge >= 0.3 is 0 Å². The summed E-state index contributed by atoms with van der Waals surface area (Å²) in [4.78, 5) is 2.07. The highest BCUT2D eigenvalue weighted by Gasteiger charge is 2.32. The van der Waals surface area contributed by atoms with Crippen LogP contribution in [0.5, 0.6) is 11.5 Å². The molecule has 2 heterocycles. The zero-order valence-electron chi connectivity index (χ0n) is 15.1. The van der Waals surface area contributed by atoms with Gasteiger partial charge in [-0.15, -0.1) is 10.2 Å². The van der Waals surface area contributed by atoms with Gasteiger partial charge in [-0.2, -0.15) is 0 Å². The van der Waals surface area contributed by atoms with Crippen molar-refractivity contribution in [1.29, 1.82) is 0 Å². The Morgan fingerprint density at radius 2 is 2.00 bits per heavy atom. The van der Waals surface area contributed by atoms with E-state index in [9.17, 15) is 8.42 Å². The van der Waals surface area contributed by atoms with Crippen LogP contribution in [0.4, 0.5) is 0 Å². The van der Waals surface area contributed by atoms with E-state index in [-0.39, 0.29) is 17.5 Å². The van der Waals surface area contributed by atoms with Crippen LogP contribution in [0.1, 0.15) is 19.2 Å². The number of benzene rings is 1. The minimum atomic E-state index is -2.93. The van der Waals surface area contributed by atoms with Gasteiger partial charge in [0.05, 0.1) is 32.3 Å². The van der Waals surface area contributed by atoms with Crippen molar-refractivity contribution in [3.63, 3.8) is 0 Å². The number of ether oxygens (including phenoxy) is 2. The minimum Gasteiger partial charge on any atom is -0.493 e. The van der Waals surface area contributed by atoms with Crippen molar-refractivity contribution in [3.05, 3.63) is 24.1 Å². The van der Waals surface area contributed by atoms with E-state index >= 15 is 0 Å². The van der Waals surface area contributed by atoms with E-state index < -0.39 is 9.84 Å². The first-order valence-electron chi connectivity index (χ1n) is 8.45. The van der Waals surface area contributed by atoms with E-state index in [4.69, 9.17) is 13.9 Å². The molecule has 3 rings (SSSR count). The summed E-state index contributed by atoms with van der Waals surface area (Å²) in [6.45, 7) is 3.14. The minimum absolute atomic E-state index is 0.00132. The molecule has 0 N–H and O–H groups in total. The molecule has 1 atom stereocenters. The van der Waals surface area contributed by atoms with Gasteiger partial charge in [-0.25, -0.2) is 8.42 Å². The topological polar surface area (TPSA) is 94.8 Å². The van der Waals surface area contributed by atoms with Crippen LogP contribution >= 0.6 is 0 Å². The van der Waals surface area contributed by atoms with Crippen molar-refractivity contribution < 1.29 is 22.3 Å². The maximum absolute atomic E-state index is 11.7. The lowest BCUT2D eigenvalue weighted by molar-refractivity contribution is 0.195. The lowest BCUT2D eigenvalue weighted by atomic mass is 10.2. The smallest absolute Gasteiger partial charge is 0.247 e. The number of hydrogen-bond acceptors (Lipinski definition) is 8. The van der Waals surface area contributed by atoms with Crippen molar-refractivity contribution in [2.45, 2.75) is 25.9 Å². The lowest BCUT2D eigenvalue weighted by Gasteiger charge is -2.24. The van der Waals surface area contributed by atoms with E-state index in [1.807, 2.05) is 13.0 Å². The molecule has 0 aliphatic carbocycles. The Balaban J connectivity index is 1.75. The molecule has 0 saturated carbocycles. The van der Waals surface area contributed by atoms with Gasteiger partial charge in [-0.1, -0.05) is 6.92 Å². The van der Waals surface area contributed by atoms with Crippen molar-refractivity contribution in [2.24, 2.45) is 0 Å². The predicted molar refractivity (Wildman–Crippen MR) is 96.0 cm³/mol. The number of methoxy groups -OCH3 is 2. The molecule has 1 aliphatic heterocycles. The Labute approximate surface area is 153 Å². The van der Waals surface area contributed by atoms with Crippen LogP contribution in [-0.2, 0) is 16.4 Å². The van der Waals surface area contributed by atoms with E-state index in [1.54, 1.807) is 26.4 Å². The molecule has 1 saturated heterocycles. The SMILES string of the molecule is CCN(Cc1nnc(-c2ccc(OC)c(OC)c2)o1)C1CCS(=O)(=O)C1. The molecule has 1 aromatic heterocycles. The van der Waals surface area contributed by atoms with Crippen LogP contribution in [0.25, 0.3) is 11.5 Å². The van der Waals surface area contributed by atoms with Gasteiger partial charge in [-0.3, -0.25) is 4.90 Å². The van der Waals surface area contributed by atoms with Crippen LogP contribution in [0, 0.1) is 0 Å². The van der Waals surface area contributed by atoms with Crippen molar-refractivity contribution >= 4 is 9.84 Å². The maximum Gasteiger partial charge on any atom is 0.247 e. The molecule has 26 heavy (non-hydrogen) atoms. The van der Waals surface area contributed by atoms with Gasteiger partial charge in [-0.05, 0) is 31.2 Å². The van der Waals surface area contributed by atoms with Crippen LogP contribution in [-0.4, -0.2) is 61.8 Å². The van der Waals surface area contributed by atoms with Crippen LogP contribution < -0.4 is 9.47 Å². The van der Waals surface area contributed by atoms with Crippen LogP contribution in [0.2, 0.25) is 0 Å². The summed E-state index contributed by atoms with van der Waals surface area (Å²) in [5, 5.41) is 8.21. The van der Waals surface area contributed by atoms with E-state index in [2.05, 4.69) is 15.1 Å². The van der Waals surface area contributed by atoms with Gasteiger partial charge in [0, 0.05) is 11.6 Å². The number of sulfone groups is 1. The molecule has 0 spiro atoms. The fourth-order valence-corrected chi connectivity index (χ4v) is 4.90. The molecule has 1 aliphatic rings. The number of rotatable bonds is 7. The Morgan fingerprint density at radius 1 is 1.23 bits per heavy atom. The number of aromatic nitrogens is 2. The first-order valence-corrected chi connectivity index (χ1v) is 10.3. The van der Waals surface area contributed by atoms with Gasteiger partial charge in [0.1, 0.15) is 0 Å². The fourth-order valence-electron chi connectivity index (χ4n) is 3.14. The quantitative estimate of drug-likeness (QED) is 0.716. The molecule has 2 aromatic rings. The second-order valence-electron chi connectivity index (χ2n) is 6.19. The molecule has 0 bridgehead atoms. The van der Waals surface area contributed by atoms with Crippen LogP contribution in [0.15, 0.2) is 22.6 Å². The molecular formula is C17H23N3O5S. The van der Waals surface area contributed by atoms with Crippen molar-refractivity contribution in [2.75, 3.05) is 32.3 Å². The summed E-state index contributed by atoms with van der Waals surface area (Å²) in [6.07, 6.45) is 0.646. The highest BCUT2D eigenvalue weighted by molar-refractivity contribution is 7.91. The van der Waals surface area contributed by atoms with Gasteiger partial charge in [0.2, 0.25) is 11.8 Å². The largest absolute Gasteiger partial charge is 0.493 e. The monoisotopic (exact) mass is 381 g/mol.